The lowest BCUT2D eigenvalue weighted by atomic mass is 10.1. The topological polar surface area (TPSA) is 32.8 Å². The second-order valence-corrected chi connectivity index (χ2v) is 7.40. The van der Waals surface area contributed by atoms with Gasteiger partial charge in [-0.15, -0.1) is 0 Å². The third-order valence-electron chi connectivity index (χ3n) is 4.91. The van der Waals surface area contributed by atoms with Crippen LogP contribution in [0.4, 0.5) is 0 Å². The molecule has 0 radical (unpaired) electrons. The summed E-state index contributed by atoms with van der Waals surface area (Å²) in [6.07, 6.45) is 0.933. The van der Waals surface area contributed by atoms with Gasteiger partial charge in [-0.05, 0) is 37.1 Å². The van der Waals surface area contributed by atoms with E-state index in [2.05, 4.69) is 4.90 Å². The first-order valence-corrected chi connectivity index (χ1v) is 9.91. The monoisotopic (exact) mass is 386 g/mol. The molecule has 2 aromatic rings. The second-order valence-electron chi connectivity index (χ2n) is 6.99. The van der Waals surface area contributed by atoms with E-state index in [1.807, 2.05) is 60.4 Å². The molecule has 1 saturated heterocycles. The Morgan fingerprint density at radius 2 is 1.81 bits per heavy atom. The minimum atomic E-state index is 0.0527. The third-order valence-corrected chi connectivity index (χ3v) is 5.28. The number of ether oxygens (including phenoxy) is 1. The summed E-state index contributed by atoms with van der Waals surface area (Å²) in [5, 5.41) is 0.701. The molecule has 0 aliphatic carbocycles. The van der Waals surface area contributed by atoms with Crippen LogP contribution in [0.1, 0.15) is 27.9 Å². The minimum absolute atomic E-state index is 0.0527. The van der Waals surface area contributed by atoms with Crippen LogP contribution in [0.5, 0.6) is 0 Å². The highest BCUT2D eigenvalue weighted by atomic mass is 35.5. The van der Waals surface area contributed by atoms with Crippen molar-refractivity contribution in [3.05, 3.63) is 70.2 Å². The predicted molar refractivity (Wildman–Crippen MR) is 109 cm³/mol. The fourth-order valence-corrected chi connectivity index (χ4v) is 3.47. The Bertz CT molecular complexity index is 742. The molecule has 4 nitrogen and oxygen atoms in total. The number of hydrogen-bond acceptors (Lipinski definition) is 3. The van der Waals surface area contributed by atoms with Gasteiger partial charge in [-0.25, -0.2) is 0 Å². The smallest absolute Gasteiger partial charge is 0.254 e. The molecule has 0 N–H and O–H groups in total. The largest absolute Gasteiger partial charge is 0.379 e. The SMILES string of the molecule is Cc1ccc(C(=O)N(CCCN2CCOCC2)Cc2ccccc2Cl)cc1. The van der Waals surface area contributed by atoms with Crippen LogP contribution in [-0.4, -0.2) is 55.1 Å². The maximum Gasteiger partial charge on any atom is 0.254 e. The number of morpholine rings is 1. The molecule has 0 atom stereocenters. The number of halogens is 1. The summed E-state index contributed by atoms with van der Waals surface area (Å²) in [6, 6.07) is 15.5. The first-order valence-electron chi connectivity index (χ1n) is 9.53. The summed E-state index contributed by atoms with van der Waals surface area (Å²) in [6.45, 7) is 7.76. The summed E-state index contributed by atoms with van der Waals surface area (Å²) in [7, 11) is 0. The molecule has 0 unspecified atom stereocenters. The standard InChI is InChI=1S/C22H27ClN2O2/c1-18-7-9-19(10-8-18)22(26)25(17-20-5-2-3-6-21(20)23)12-4-11-24-13-15-27-16-14-24/h2-3,5-10H,4,11-17H2,1H3. The molecule has 144 valence electrons. The maximum atomic E-state index is 13.1. The van der Waals surface area contributed by atoms with Crippen LogP contribution in [0.3, 0.4) is 0 Å². The lowest BCUT2D eigenvalue weighted by Crippen LogP contribution is -2.39. The van der Waals surface area contributed by atoms with Gasteiger partial charge in [0, 0.05) is 43.3 Å². The summed E-state index contributed by atoms with van der Waals surface area (Å²) in [5.74, 6) is 0.0527. The minimum Gasteiger partial charge on any atom is -0.379 e. The molecule has 0 bridgehead atoms. The molecule has 0 spiro atoms. The van der Waals surface area contributed by atoms with Crippen molar-refractivity contribution in [3.63, 3.8) is 0 Å². The van der Waals surface area contributed by atoms with Gasteiger partial charge in [-0.2, -0.15) is 0 Å². The highest BCUT2D eigenvalue weighted by molar-refractivity contribution is 6.31. The molecular weight excluding hydrogens is 360 g/mol. The molecule has 1 heterocycles. The van der Waals surface area contributed by atoms with Crippen molar-refractivity contribution in [2.24, 2.45) is 0 Å². The maximum absolute atomic E-state index is 13.1. The Balaban J connectivity index is 1.68. The van der Waals surface area contributed by atoms with Crippen molar-refractivity contribution in [2.75, 3.05) is 39.4 Å². The second kappa shape index (κ2) is 9.88. The Morgan fingerprint density at radius 3 is 2.52 bits per heavy atom. The van der Waals surface area contributed by atoms with E-state index >= 15 is 0 Å². The van der Waals surface area contributed by atoms with E-state index in [1.54, 1.807) is 0 Å². The average molecular weight is 387 g/mol. The fraction of sp³-hybridized carbons (Fsp3) is 0.409. The van der Waals surface area contributed by atoms with Crippen LogP contribution in [0.15, 0.2) is 48.5 Å². The van der Waals surface area contributed by atoms with Crippen molar-refractivity contribution >= 4 is 17.5 Å². The summed E-state index contributed by atoms with van der Waals surface area (Å²) >= 11 is 6.34. The summed E-state index contributed by atoms with van der Waals surface area (Å²) < 4.78 is 5.40. The van der Waals surface area contributed by atoms with E-state index in [-0.39, 0.29) is 5.91 Å². The number of aryl methyl sites for hydroxylation is 1. The molecular formula is C22H27ClN2O2. The Labute approximate surface area is 166 Å². The van der Waals surface area contributed by atoms with Crippen LogP contribution >= 0.6 is 11.6 Å². The van der Waals surface area contributed by atoms with Gasteiger partial charge in [0.15, 0.2) is 0 Å². The number of carbonyl (C=O) groups is 1. The normalized spacial score (nSPS) is 14.9. The van der Waals surface area contributed by atoms with E-state index in [1.165, 1.54) is 0 Å². The highest BCUT2D eigenvalue weighted by Crippen LogP contribution is 2.19. The molecule has 2 aromatic carbocycles. The molecule has 0 aromatic heterocycles. The van der Waals surface area contributed by atoms with Crippen LogP contribution in [0.2, 0.25) is 5.02 Å². The van der Waals surface area contributed by atoms with Crippen LogP contribution in [0, 0.1) is 6.92 Å². The molecule has 27 heavy (non-hydrogen) atoms. The number of rotatable bonds is 7. The van der Waals surface area contributed by atoms with Gasteiger partial charge in [0.05, 0.1) is 13.2 Å². The van der Waals surface area contributed by atoms with Gasteiger partial charge in [-0.1, -0.05) is 47.5 Å². The predicted octanol–water partition coefficient (Wildman–Crippen LogP) is 4.01. The van der Waals surface area contributed by atoms with E-state index < -0.39 is 0 Å². The van der Waals surface area contributed by atoms with Crippen molar-refractivity contribution in [1.29, 1.82) is 0 Å². The Kier molecular flexibility index (Phi) is 7.27. The van der Waals surface area contributed by atoms with Crippen LogP contribution in [-0.2, 0) is 11.3 Å². The van der Waals surface area contributed by atoms with Gasteiger partial charge in [0.25, 0.3) is 5.91 Å². The number of amides is 1. The van der Waals surface area contributed by atoms with Crippen molar-refractivity contribution in [1.82, 2.24) is 9.80 Å². The first kappa shape index (κ1) is 19.9. The molecule has 5 heteroatoms. The van der Waals surface area contributed by atoms with Gasteiger partial charge in [-0.3, -0.25) is 9.69 Å². The zero-order valence-corrected chi connectivity index (χ0v) is 16.6. The Morgan fingerprint density at radius 1 is 1.11 bits per heavy atom. The van der Waals surface area contributed by atoms with E-state index in [0.717, 1.165) is 56.0 Å². The van der Waals surface area contributed by atoms with Gasteiger partial charge in [0.1, 0.15) is 0 Å². The van der Waals surface area contributed by atoms with Crippen molar-refractivity contribution in [2.45, 2.75) is 19.9 Å². The lowest BCUT2D eigenvalue weighted by Gasteiger charge is -2.28. The van der Waals surface area contributed by atoms with Crippen LogP contribution in [0.25, 0.3) is 0 Å². The summed E-state index contributed by atoms with van der Waals surface area (Å²) in [5.41, 5.74) is 2.85. The molecule has 0 saturated carbocycles. The quantitative estimate of drug-likeness (QED) is 0.720. The lowest BCUT2D eigenvalue weighted by molar-refractivity contribution is 0.0355. The number of nitrogens with zero attached hydrogens (tertiary/aromatic N) is 2. The first-order chi connectivity index (χ1) is 13.1. The molecule has 1 aliphatic rings. The molecule has 3 rings (SSSR count). The Hall–Kier alpha value is -1.88. The van der Waals surface area contributed by atoms with Crippen LogP contribution < -0.4 is 0 Å². The average Bonchev–Trinajstić information content (AvgIpc) is 2.69. The molecule has 1 fully saturated rings. The zero-order valence-electron chi connectivity index (χ0n) is 15.9. The van der Waals surface area contributed by atoms with Gasteiger partial charge >= 0.3 is 0 Å². The molecule has 1 amide bonds. The van der Waals surface area contributed by atoms with Gasteiger partial charge < -0.3 is 9.64 Å². The number of hydrogen-bond donors (Lipinski definition) is 0. The number of benzene rings is 2. The molecule has 1 aliphatic heterocycles. The van der Waals surface area contributed by atoms with E-state index in [4.69, 9.17) is 16.3 Å². The van der Waals surface area contributed by atoms with E-state index in [0.29, 0.717) is 18.1 Å². The third kappa shape index (κ3) is 5.80. The fourth-order valence-electron chi connectivity index (χ4n) is 3.27. The van der Waals surface area contributed by atoms with Crippen molar-refractivity contribution in [3.8, 4) is 0 Å². The van der Waals surface area contributed by atoms with Gasteiger partial charge in [0.2, 0.25) is 0 Å². The zero-order chi connectivity index (χ0) is 19.1. The highest BCUT2D eigenvalue weighted by Gasteiger charge is 2.18. The van der Waals surface area contributed by atoms with Crippen molar-refractivity contribution < 1.29 is 9.53 Å². The van der Waals surface area contributed by atoms with E-state index in [9.17, 15) is 4.79 Å². The summed E-state index contributed by atoms with van der Waals surface area (Å²) in [4.78, 5) is 17.4. The number of carbonyl (C=O) groups excluding carboxylic acids is 1.